The van der Waals surface area contributed by atoms with E-state index < -0.39 is 10.2 Å². The van der Waals surface area contributed by atoms with Gasteiger partial charge in [0, 0.05) is 37.6 Å². The Bertz CT molecular complexity index is 533. The summed E-state index contributed by atoms with van der Waals surface area (Å²) >= 11 is 0. The lowest BCUT2D eigenvalue weighted by atomic mass is 10.2. The van der Waals surface area contributed by atoms with Crippen molar-refractivity contribution in [3.05, 3.63) is 24.3 Å². The van der Waals surface area contributed by atoms with E-state index in [-0.39, 0.29) is 0 Å². The van der Waals surface area contributed by atoms with E-state index in [2.05, 4.69) is 23.5 Å². The van der Waals surface area contributed by atoms with Gasteiger partial charge in [0.15, 0.2) is 0 Å². The number of anilines is 2. The van der Waals surface area contributed by atoms with Crippen LogP contribution in [0, 0.1) is 0 Å². The van der Waals surface area contributed by atoms with Gasteiger partial charge in [-0.05, 0) is 51.0 Å². The van der Waals surface area contributed by atoms with Crippen molar-refractivity contribution in [2.75, 3.05) is 35.8 Å². The molecule has 1 fully saturated rings. The zero-order chi connectivity index (χ0) is 15.3. The Morgan fingerprint density at radius 1 is 1.05 bits per heavy atom. The van der Waals surface area contributed by atoms with Gasteiger partial charge in [-0.3, -0.25) is 4.72 Å². The van der Waals surface area contributed by atoms with E-state index in [1.54, 1.807) is 0 Å². The maximum Gasteiger partial charge on any atom is 0.301 e. The Morgan fingerprint density at radius 2 is 1.62 bits per heavy atom. The molecule has 0 radical (unpaired) electrons. The van der Waals surface area contributed by atoms with Gasteiger partial charge in [0.2, 0.25) is 0 Å². The van der Waals surface area contributed by atoms with E-state index in [4.69, 9.17) is 0 Å². The molecule has 1 aromatic carbocycles. The Labute approximate surface area is 128 Å². The molecule has 6 heteroatoms. The lowest BCUT2D eigenvalue weighted by Gasteiger charge is -2.26. The van der Waals surface area contributed by atoms with Crippen LogP contribution < -0.4 is 9.62 Å². The summed E-state index contributed by atoms with van der Waals surface area (Å²) in [5, 5.41) is 0. The molecule has 0 atom stereocenters. The quantitative estimate of drug-likeness (QED) is 0.879. The largest absolute Gasteiger partial charge is 0.372 e. The van der Waals surface area contributed by atoms with Crippen molar-refractivity contribution in [2.24, 2.45) is 0 Å². The van der Waals surface area contributed by atoms with Crippen molar-refractivity contribution >= 4 is 21.6 Å². The van der Waals surface area contributed by atoms with Gasteiger partial charge in [0.1, 0.15) is 0 Å². The number of benzene rings is 1. The number of hydrogen-bond acceptors (Lipinski definition) is 3. The first-order valence-corrected chi connectivity index (χ1v) is 9.13. The monoisotopic (exact) mass is 311 g/mol. The highest BCUT2D eigenvalue weighted by molar-refractivity contribution is 7.90. The Morgan fingerprint density at radius 3 is 2.14 bits per heavy atom. The Kier molecular flexibility index (Phi) is 5.47. The average molecular weight is 311 g/mol. The standard InChI is InChI=1S/C15H25N3O2S/c1-3-17(4-2)15-10-8-14(9-11-15)16-21(19,20)18-12-6-5-7-13-18/h8-11,16H,3-7,12-13H2,1-2H3. The second-order valence-electron chi connectivity index (χ2n) is 5.29. The fourth-order valence-electron chi connectivity index (χ4n) is 2.65. The summed E-state index contributed by atoms with van der Waals surface area (Å²) in [6.45, 7) is 7.33. The van der Waals surface area contributed by atoms with Crippen LogP contribution in [0.5, 0.6) is 0 Å². The van der Waals surface area contributed by atoms with Crippen molar-refractivity contribution in [2.45, 2.75) is 33.1 Å². The molecule has 0 bridgehead atoms. The molecule has 0 aromatic heterocycles. The molecule has 2 rings (SSSR count). The van der Waals surface area contributed by atoms with Crippen molar-refractivity contribution in [1.82, 2.24) is 4.31 Å². The van der Waals surface area contributed by atoms with Crippen LogP contribution >= 0.6 is 0 Å². The van der Waals surface area contributed by atoms with Gasteiger partial charge in [-0.25, -0.2) is 0 Å². The summed E-state index contributed by atoms with van der Waals surface area (Å²) in [6, 6.07) is 7.58. The van der Waals surface area contributed by atoms with Gasteiger partial charge in [-0.1, -0.05) is 6.42 Å². The van der Waals surface area contributed by atoms with Gasteiger partial charge in [0.05, 0.1) is 0 Å². The Balaban J connectivity index is 2.05. The number of piperidine rings is 1. The van der Waals surface area contributed by atoms with Crippen LogP contribution in [-0.2, 0) is 10.2 Å². The smallest absolute Gasteiger partial charge is 0.301 e. The third kappa shape index (κ3) is 4.11. The topological polar surface area (TPSA) is 52.7 Å². The fourth-order valence-corrected chi connectivity index (χ4v) is 3.95. The summed E-state index contributed by atoms with van der Waals surface area (Å²) in [6.07, 6.45) is 3.01. The van der Waals surface area contributed by atoms with E-state index >= 15 is 0 Å². The average Bonchev–Trinajstić information content (AvgIpc) is 2.51. The minimum Gasteiger partial charge on any atom is -0.372 e. The molecule has 1 heterocycles. The van der Waals surface area contributed by atoms with Crippen LogP contribution in [0.15, 0.2) is 24.3 Å². The molecule has 118 valence electrons. The predicted molar refractivity (Wildman–Crippen MR) is 88.0 cm³/mol. The van der Waals surface area contributed by atoms with Crippen molar-refractivity contribution < 1.29 is 8.42 Å². The van der Waals surface area contributed by atoms with E-state index in [0.717, 1.165) is 38.0 Å². The lowest BCUT2D eigenvalue weighted by molar-refractivity contribution is 0.349. The molecule has 1 aliphatic rings. The maximum atomic E-state index is 12.3. The third-order valence-corrected chi connectivity index (χ3v) is 5.44. The summed E-state index contributed by atoms with van der Waals surface area (Å²) in [5.41, 5.74) is 1.73. The second kappa shape index (κ2) is 7.13. The predicted octanol–water partition coefficient (Wildman–Crippen LogP) is 2.68. The van der Waals surface area contributed by atoms with Gasteiger partial charge in [-0.15, -0.1) is 0 Å². The first-order chi connectivity index (χ1) is 10.1. The van der Waals surface area contributed by atoms with Gasteiger partial charge < -0.3 is 4.90 Å². The molecular weight excluding hydrogens is 286 g/mol. The number of hydrogen-bond donors (Lipinski definition) is 1. The molecule has 1 aromatic rings. The Hall–Kier alpha value is -1.27. The first-order valence-electron chi connectivity index (χ1n) is 7.69. The van der Waals surface area contributed by atoms with Crippen LogP contribution in [-0.4, -0.2) is 38.9 Å². The number of nitrogens with zero attached hydrogens (tertiary/aromatic N) is 2. The first kappa shape index (κ1) is 16.1. The molecule has 0 amide bonds. The molecule has 0 saturated carbocycles. The molecule has 1 N–H and O–H groups in total. The van der Waals surface area contributed by atoms with Gasteiger partial charge in [-0.2, -0.15) is 12.7 Å². The van der Waals surface area contributed by atoms with Crippen molar-refractivity contribution in [3.63, 3.8) is 0 Å². The fraction of sp³-hybridized carbons (Fsp3) is 0.600. The molecule has 0 unspecified atom stereocenters. The highest BCUT2D eigenvalue weighted by Gasteiger charge is 2.23. The number of rotatable bonds is 6. The zero-order valence-corrected chi connectivity index (χ0v) is 13.7. The molecular formula is C15H25N3O2S. The molecule has 5 nitrogen and oxygen atoms in total. The summed E-state index contributed by atoms with van der Waals surface area (Å²) in [4.78, 5) is 2.23. The molecule has 0 spiro atoms. The second-order valence-corrected chi connectivity index (χ2v) is 6.96. The van der Waals surface area contributed by atoms with Crippen molar-refractivity contribution in [3.8, 4) is 0 Å². The zero-order valence-electron chi connectivity index (χ0n) is 12.9. The molecule has 21 heavy (non-hydrogen) atoms. The highest BCUT2D eigenvalue weighted by atomic mass is 32.2. The van der Waals surface area contributed by atoms with E-state index in [1.807, 2.05) is 24.3 Å². The molecule has 1 aliphatic heterocycles. The van der Waals surface area contributed by atoms with Crippen molar-refractivity contribution in [1.29, 1.82) is 0 Å². The molecule has 0 aliphatic carbocycles. The van der Waals surface area contributed by atoms with E-state index in [9.17, 15) is 8.42 Å². The van der Waals surface area contributed by atoms with Gasteiger partial charge >= 0.3 is 10.2 Å². The number of nitrogens with one attached hydrogen (secondary N) is 1. The van der Waals surface area contributed by atoms with Gasteiger partial charge in [0.25, 0.3) is 0 Å². The highest BCUT2D eigenvalue weighted by Crippen LogP contribution is 2.20. The van der Waals surface area contributed by atoms with Crippen LogP contribution in [0.1, 0.15) is 33.1 Å². The normalized spacial score (nSPS) is 16.7. The van der Waals surface area contributed by atoms with Crippen LogP contribution in [0.2, 0.25) is 0 Å². The van der Waals surface area contributed by atoms with E-state index in [1.165, 1.54) is 4.31 Å². The summed E-state index contributed by atoms with van der Waals surface area (Å²) in [5.74, 6) is 0. The summed E-state index contributed by atoms with van der Waals surface area (Å²) < 4.78 is 28.8. The van der Waals surface area contributed by atoms with Crippen LogP contribution in [0.3, 0.4) is 0 Å². The lowest BCUT2D eigenvalue weighted by Crippen LogP contribution is -2.39. The minimum atomic E-state index is -3.41. The van der Waals surface area contributed by atoms with Crippen LogP contribution in [0.4, 0.5) is 11.4 Å². The summed E-state index contributed by atoms with van der Waals surface area (Å²) in [7, 11) is -3.41. The van der Waals surface area contributed by atoms with Crippen LogP contribution in [0.25, 0.3) is 0 Å². The maximum absolute atomic E-state index is 12.3. The minimum absolute atomic E-state index is 0.618. The SMILES string of the molecule is CCN(CC)c1ccc(NS(=O)(=O)N2CCCCC2)cc1. The molecule has 1 saturated heterocycles. The third-order valence-electron chi connectivity index (χ3n) is 3.90. The van der Waals surface area contributed by atoms with E-state index in [0.29, 0.717) is 18.8 Å².